The highest BCUT2D eigenvalue weighted by molar-refractivity contribution is 7.14. The molecule has 1 N–H and O–H groups in total. The summed E-state index contributed by atoms with van der Waals surface area (Å²) < 4.78 is 38.6. The highest BCUT2D eigenvalue weighted by Gasteiger charge is 2.32. The fraction of sp³-hybridized carbons (Fsp3) is 0.455. The average Bonchev–Trinajstić information content (AvgIpc) is 3.27. The topological polar surface area (TPSA) is 82.6 Å². The third kappa shape index (κ3) is 5.89. The highest BCUT2D eigenvalue weighted by Crippen LogP contribution is 2.30. The van der Waals surface area contributed by atoms with Gasteiger partial charge in [-0.05, 0) is 44.9 Å². The number of carbonyl (C=O) groups excluding carboxylic acids is 3. The van der Waals surface area contributed by atoms with Gasteiger partial charge >= 0.3 is 6.18 Å². The number of amides is 3. The molecular weight excluding hydrogens is 457 g/mol. The maximum absolute atomic E-state index is 12.9. The monoisotopic (exact) mass is 482 g/mol. The molecule has 1 unspecified atom stereocenters. The molecule has 0 aliphatic carbocycles. The van der Waals surface area contributed by atoms with Crippen LogP contribution in [0.25, 0.3) is 0 Å². The predicted molar refractivity (Wildman–Crippen MR) is 118 cm³/mol. The van der Waals surface area contributed by atoms with Gasteiger partial charge in [-0.15, -0.1) is 11.3 Å². The van der Waals surface area contributed by atoms with E-state index >= 15 is 0 Å². The van der Waals surface area contributed by atoms with Crippen molar-refractivity contribution in [1.29, 1.82) is 0 Å². The molecule has 2 aromatic rings. The summed E-state index contributed by atoms with van der Waals surface area (Å²) in [4.78, 5) is 45.4. The first-order valence-corrected chi connectivity index (χ1v) is 11.5. The van der Waals surface area contributed by atoms with Gasteiger partial charge < -0.3 is 9.80 Å². The Bertz CT molecular complexity index is 1020. The average molecular weight is 483 g/mol. The fourth-order valence-corrected chi connectivity index (χ4v) is 4.43. The molecule has 1 saturated heterocycles. The van der Waals surface area contributed by atoms with Gasteiger partial charge in [0.15, 0.2) is 5.13 Å². The van der Waals surface area contributed by atoms with Gasteiger partial charge in [0.1, 0.15) is 5.69 Å². The third-order valence-electron chi connectivity index (χ3n) is 5.53. The van der Waals surface area contributed by atoms with Gasteiger partial charge in [-0.1, -0.05) is 6.07 Å². The first kappa shape index (κ1) is 24.7. The van der Waals surface area contributed by atoms with Crippen molar-refractivity contribution in [3.63, 3.8) is 0 Å². The normalized spacial score (nSPS) is 16.4. The second-order valence-corrected chi connectivity index (χ2v) is 8.53. The Hall–Kier alpha value is -2.95. The number of likely N-dealkylation sites (tertiary alicyclic amines) is 1. The first-order valence-electron chi connectivity index (χ1n) is 10.7. The summed E-state index contributed by atoms with van der Waals surface area (Å²) in [6, 6.07) is 4.06. The number of alkyl halides is 3. The lowest BCUT2D eigenvalue weighted by Gasteiger charge is -2.34. The van der Waals surface area contributed by atoms with Crippen LogP contribution in [-0.2, 0) is 11.0 Å². The Balaban J connectivity index is 1.65. The van der Waals surface area contributed by atoms with Crippen LogP contribution in [0.15, 0.2) is 29.6 Å². The predicted octanol–water partition coefficient (Wildman–Crippen LogP) is 4.13. The molecule has 1 aliphatic heterocycles. The van der Waals surface area contributed by atoms with Crippen molar-refractivity contribution in [2.24, 2.45) is 5.92 Å². The zero-order valence-electron chi connectivity index (χ0n) is 18.3. The second-order valence-electron chi connectivity index (χ2n) is 7.67. The maximum Gasteiger partial charge on any atom is 0.416 e. The molecule has 1 aromatic carbocycles. The minimum absolute atomic E-state index is 0.0322. The maximum atomic E-state index is 12.9. The minimum Gasteiger partial charge on any atom is -0.343 e. The lowest BCUT2D eigenvalue weighted by atomic mass is 9.96. The van der Waals surface area contributed by atoms with Crippen LogP contribution >= 0.6 is 11.3 Å². The number of rotatable bonds is 6. The van der Waals surface area contributed by atoms with Gasteiger partial charge in [-0.25, -0.2) is 4.98 Å². The zero-order valence-corrected chi connectivity index (χ0v) is 19.1. The molecule has 1 atom stereocenters. The molecule has 0 saturated carbocycles. The molecule has 7 nitrogen and oxygen atoms in total. The number of hydrogen-bond donors (Lipinski definition) is 1. The van der Waals surface area contributed by atoms with Crippen molar-refractivity contribution in [3.05, 3.63) is 46.5 Å². The lowest BCUT2D eigenvalue weighted by Crippen LogP contribution is -2.46. The number of thiazole rings is 1. The van der Waals surface area contributed by atoms with E-state index in [0.29, 0.717) is 39.0 Å². The number of carbonyl (C=O) groups is 3. The van der Waals surface area contributed by atoms with Crippen LogP contribution in [0.4, 0.5) is 18.3 Å². The van der Waals surface area contributed by atoms with Crippen molar-refractivity contribution < 1.29 is 27.6 Å². The molecule has 1 aliphatic rings. The van der Waals surface area contributed by atoms with Gasteiger partial charge in [-0.2, -0.15) is 13.2 Å². The van der Waals surface area contributed by atoms with Gasteiger partial charge in [0.05, 0.1) is 11.5 Å². The van der Waals surface area contributed by atoms with Crippen LogP contribution in [0, 0.1) is 5.92 Å². The number of benzene rings is 1. The molecule has 1 fully saturated rings. The SMILES string of the molecule is CCN(CC)C(=O)C1CCCN(C(=O)c2csc(NC(=O)c3cccc(C(F)(F)F)c3)n2)C1. The smallest absolute Gasteiger partial charge is 0.343 e. The van der Waals surface area contributed by atoms with Crippen molar-refractivity contribution in [3.8, 4) is 0 Å². The molecule has 33 heavy (non-hydrogen) atoms. The Labute approximate surface area is 193 Å². The number of nitrogens with zero attached hydrogens (tertiary/aromatic N) is 3. The van der Waals surface area contributed by atoms with Gasteiger partial charge in [0, 0.05) is 37.1 Å². The van der Waals surface area contributed by atoms with E-state index in [-0.39, 0.29) is 34.1 Å². The highest BCUT2D eigenvalue weighted by atomic mass is 32.1. The summed E-state index contributed by atoms with van der Waals surface area (Å²) >= 11 is 1.01. The van der Waals surface area contributed by atoms with E-state index < -0.39 is 17.6 Å². The molecule has 3 amide bonds. The minimum atomic E-state index is -4.56. The number of halogens is 3. The third-order valence-corrected chi connectivity index (χ3v) is 6.29. The van der Waals surface area contributed by atoms with Crippen molar-refractivity contribution in [2.75, 3.05) is 31.5 Å². The Morgan fingerprint density at radius 1 is 1.24 bits per heavy atom. The van der Waals surface area contributed by atoms with Gasteiger partial charge in [0.25, 0.3) is 11.8 Å². The molecule has 1 aromatic heterocycles. The summed E-state index contributed by atoms with van der Waals surface area (Å²) in [5.74, 6) is -1.33. The molecule has 0 spiro atoms. The van der Waals surface area contributed by atoms with Crippen LogP contribution in [0.1, 0.15) is 53.1 Å². The molecule has 178 valence electrons. The number of nitrogens with one attached hydrogen (secondary N) is 1. The lowest BCUT2D eigenvalue weighted by molar-refractivity contribution is -0.138. The number of piperidine rings is 1. The Kier molecular flexibility index (Phi) is 7.72. The number of aromatic nitrogens is 1. The van der Waals surface area contributed by atoms with Crippen molar-refractivity contribution >= 4 is 34.2 Å². The van der Waals surface area contributed by atoms with E-state index in [4.69, 9.17) is 0 Å². The van der Waals surface area contributed by atoms with E-state index in [9.17, 15) is 27.6 Å². The first-order chi connectivity index (χ1) is 15.6. The van der Waals surface area contributed by atoms with Crippen LogP contribution in [0.3, 0.4) is 0 Å². The summed E-state index contributed by atoms with van der Waals surface area (Å²) in [6.07, 6.45) is -3.14. The van der Waals surface area contributed by atoms with Gasteiger partial charge in [0.2, 0.25) is 5.91 Å². The zero-order chi connectivity index (χ0) is 24.2. The van der Waals surface area contributed by atoms with Crippen molar-refractivity contribution in [1.82, 2.24) is 14.8 Å². The fourth-order valence-electron chi connectivity index (χ4n) is 3.75. The van der Waals surface area contributed by atoms with E-state index in [1.165, 1.54) is 11.4 Å². The summed E-state index contributed by atoms with van der Waals surface area (Å²) in [5, 5.41) is 4.03. The molecule has 0 radical (unpaired) electrons. The molecule has 11 heteroatoms. The van der Waals surface area contributed by atoms with E-state index in [1.807, 2.05) is 13.8 Å². The number of anilines is 1. The summed E-state index contributed by atoms with van der Waals surface area (Å²) in [5.41, 5.74) is -0.971. The van der Waals surface area contributed by atoms with Crippen LogP contribution < -0.4 is 5.32 Å². The molecule has 0 bridgehead atoms. The Morgan fingerprint density at radius 3 is 2.64 bits per heavy atom. The Morgan fingerprint density at radius 2 is 1.97 bits per heavy atom. The number of hydrogen-bond acceptors (Lipinski definition) is 5. The molecular formula is C22H25F3N4O3S. The van der Waals surface area contributed by atoms with Crippen LogP contribution in [0.2, 0.25) is 0 Å². The van der Waals surface area contributed by atoms with Gasteiger partial charge in [-0.3, -0.25) is 19.7 Å². The second kappa shape index (κ2) is 10.3. The molecule has 2 heterocycles. The summed E-state index contributed by atoms with van der Waals surface area (Å²) in [7, 11) is 0. The standard InChI is InChI=1S/C22H25F3N4O3S/c1-3-28(4-2)19(31)15-8-6-10-29(12-15)20(32)17-13-33-21(26-17)27-18(30)14-7-5-9-16(11-14)22(23,24)25/h5,7,9,11,13,15H,3-4,6,8,10,12H2,1-2H3,(H,26,27,30). The summed E-state index contributed by atoms with van der Waals surface area (Å²) in [6.45, 7) is 5.86. The quantitative estimate of drug-likeness (QED) is 0.671. The molecule has 3 rings (SSSR count). The van der Waals surface area contributed by atoms with E-state index in [2.05, 4.69) is 10.3 Å². The van der Waals surface area contributed by atoms with E-state index in [1.54, 1.807) is 9.80 Å². The van der Waals surface area contributed by atoms with Crippen molar-refractivity contribution in [2.45, 2.75) is 32.9 Å². The van der Waals surface area contributed by atoms with Crippen LogP contribution in [-0.4, -0.2) is 58.7 Å². The van der Waals surface area contributed by atoms with E-state index in [0.717, 1.165) is 29.5 Å². The largest absolute Gasteiger partial charge is 0.416 e. The van der Waals surface area contributed by atoms with Crippen LogP contribution in [0.5, 0.6) is 0 Å².